The Bertz CT molecular complexity index is 402. The molecule has 1 aliphatic heterocycles. The summed E-state index contributed by atoms with van der Waals surface area (Å²) in [6.45, 7) is 7.37. The third-order valence-corrected chi connectivity index (χ3v) is 4.48. The zero-order chi connectivity index (χ0) is 13.0. The van der Waals surface area contributed by atoms with E-state index in [-0.39, 0.29) is 0 Å². The lowest BCUT2D eigenvalue weighted by Crippen LogP contribution is -2.31. The van der Waals surface area contributed by atoms with Crippen molar-refractivity contribution in [2.45, 2.75) is 39.5 Å². The average molecular weight is 360 g/mol. The van der Waals surface area contributed by atoms with E-state index in [2.05, 4.69) is 51.6 Å². The molecule has 0 amide bonds. The summed E-state index contributed by atoms with van der Waals surface area (Å²) in [4.78, 5) is 11.6. The topological polar surface area (TPSA) is 41.1 Å². The highest BCUT2D eigenvalue weighted by molar-refractivity contribution is 14.1. The van der Waals surface area contributed by atoms with Gasteiger partial charge in [0.2, 0.25) is 5.95 Å². The van der Waals surface area contributed by atoms with Crippen LogP contribution in [-0.4, -0.2) is 29.6 Å². The Hall–Kier alpha value is -0.590. The van der Waals surface area contributed by atoms with Gasteiger partial charge in [0.15, 0.2) is 0 Å². The van der Waals surface area contributed by atoms with Gasteiger partial charge in [-0.25, -0.2) is 4.98 Å². The molecule has 0 atom stereocenters. The number of nitrogens with zero attached hydrogens (tertiary/aromatic N) is 3. The molecular formula is C13H21IN4. The van der Waals surface area contributed by atoms with Crippen LogP contribution < -0.4 is 10.2 Å². The number of aryl methyl sites for hydroxylation is 1. The smallest absolute Gasteiger partial charge is 0.227 e. The lowest BCUT2D eigenvalue weighted by molar-refractivity contribution is 0.567. The standard InChI is InChI=1S/C13H21IN4/c1-3-7-15-12-11(14)10(2)16-13(17-12)18-8-5-4-6-9-18/h3-9H2,1-2H3,(H,15,16,17). The summed E-state index contributed by atoms with van der Waals surface area (Å²) in [7, 11) is 0. The Morgan fingerprint density at radius 3 is 2.61 bits per heavy atom. The number of anilines is 2. The van der Waals surface area contributed by atoms with Crippen molar-refractivity contribution in [1.82, 2.24) is 9.97 Å². The normalized spacial score (nSPS) is 15.8. The molecule has 0 unspecified atom stereocenters. The molecule has 0 radical (unpaired) electrons. The number of nitrogens with one attached hydrogen (secondary N) is 1. The molecule has 5 heteroatoms. The molecule has 1 aromatic heterocycles. The Balaban J connectivity index is 2.22. The molecule has 1 saturated heterocycles. The van der Waals surface area contributed by atoms with Crippen LogP contribution in [0.4, 0.5) is 11.8 Å². The van der Waals surface area contributed by atoms with Gasteiger partial charge in [0.05, 0.1) is 9.26 Å². The van der Waals surface area contributed by atoms with Gasteiger partial charge in [-0.05, 0) is 55.2 Å². The molecular weight excluding hydrogens is 339 g/mol. The molecule has 2 rings (SSSR count). The fourth-order valence-electron chi connectivity index (χ4n) is 2.14. The second-order valence-corrected chi connectivity index (χ2v) is 5.82. The van der Waals surface area contributed by atoms with Crippen molar-refractivity contribution in [3.63, 3.8) is 0 Å². The van der Waals surface area contributed by atoms with Gasteiger partial charge in [0.1, 0.15) is 5.82 Å². The summed E-state index contributed by atoms with van der Waals surface area (Å²) in [6, 6.07) is 0. The summed E-state index contributed by atoms with van der Waals surface area (Å²) in [5.74, 6) is 1.89. The lowest BCUT2D eigenvalue weighted by Gasteiger charge is -2.27. The Kier molecular flexibility index (Phi) is 5.03. The van der Waals surface area contributed by atoms with Crippen LogP contribution in [0.2, 0.25) is 0 Å². The van der Waals surface area contributed by atoms with Crippen LogP contribution in [0, 0.1) is 10.5 Å². The first-order valence-electron chi connectivity index (χ1n) is 6.75. The zero-order valence-electron chi connectivity index (χ0n) is 11.2. The number of hydrogen-bond acceptors (Lipinski definition) is 4. The van der Waals surface area contributed by atoms with Crippen LogP contribution in [0.5, 0.6) is 0 Å². The minimum atomic E-state index is 0.895. The predicted octanol–water partition coefficient (Wildman–Crippen LogP) is 3.20. The highest BCUT2D eigenvalue weighted by Gasteiger charge is 2.16. The second kappa shape index (κ2) is 6.54. The summed E-state index contributed by atoms with van der Waals surface area (Å²) in [5, 5.41) is 3.40. The minimum Gasteiger partial charge on any atom is -0.369 e. The quantitative estimate of drug-likeness (QED) is 0.838. The molecule has 1 aromatic rings. The minimum absolute atomic E-state index is 0.895. The molecule has 100 valence electrons. The van der Waals surface area contributed by atoms with E-state index >= 15 is 0 Å². The van der Waals surface area contributed by atoms with E-state index in [1.165, 1.54) is 19.3 Å². The lowest BCUT2D eigenvalue weighted by atomic mass is 10.1. The fraction of sp³-hybridized carbons (Fsp3) is 0.692. The monoisotopic (exact) mass is 360 g/mol. The van der Waals surface area contributed by atoms with Crippen molar-refractivity contribution < 1.29 is 0 Å². The predicted molar refractivity (Wildman–Crippen MR) is 84.3 cm³/mol. The van der Waals surface area contributed by atoms with Gasteiger partial charge in [-0.15, -0.1) is 0 Å². The molecule has 0 saturated carbocycles. The maximum absolute atomic E-state index is 4.69. The molecule has 1 fully saturated rings. The third kappa shape index (κ3) is 3.24. The highest BCUT2D eigenvalue weighted by Crippen LogP contribution is 2.23. The van der Waals surface area contributed by atoms with Gasteiger partial charge >= 0.3 is 0 Å². The first kappa shape index (κ1) is 13.8. The second-order valence-electron chi connectivity index (χ2n) is 4.75. The van der Waals surface area contributed by atoms with E-state index in [1.54, 1.807) is 0 Å². The van der Waals surface area contributed by atoms with Gasteiger partial charge < -0.3 is 10.2 Å². The van der Waals surface area contributed by atoms with Crippen LogP contribution in [-0.2, 0) is 0 Å². The largest absolute Gasteiger partial charge is 0.369 e. The zero-order valence-corrected chi connectivity index (χ0v) is 13.3. The van der Waals surface area contributed by atoms with Crippen molar-refractivity contribution >= 4 is 34.4 Å². The fourth-order valence-corrected chi connectivity index (χ4v) is 2.57. The molecule has 18 heavy (non-hydrogen) atoms. The van der Waals surface area contributed by atoms with Crippen LogP contribution in [0.3, 0.4) is 0 Å². The number of rotatable bonds is 4. The highest BCUT2D eigenvalue weighted by atomic mass is 127. The number of piperidine rings is 1. The summed E-state index contributed by atoms with van der Waals surface area (Å²) < 4.78 is 1.14. The molecule has 0 aliphatic carbocycles. The molecule has 2 heterocycles. The van der Waals surface area contributed by atoms with E-state index in [9.17, 15) is 0 Å². The first-order chi connectivity index (χ1) is 8.72. The molecule has 4 nitrogen and oxygen atoms in total. The van der Waals surface area contributed by atoms with E-state index in [4.69, 9.17) is 4.98 Å². The van der Waals surface area contributed by atoms with Crippen molar-refractivity contribution in [2.75, 3.05) is 29.9 Å². The number of hydrogen-bond donors (Lipinski definition) is 1. The Morgan fingerprint density at radius 2 is 1.94 bits per heavy atom. The van der Waals surface area contributed by atoms with Crippen molar-refractivity contribution in [3.05, 3.63) is 9.26 Å². The summed E-state index contributed by atoms with van der Waals surface area (Å²) >= 11 is 2.33. The van der Waals surface area contributed by atoms with Gasteiger partial charge in [-0.1, -0.05) is 6.92 Å². The van der Waals surface area contributed by atoms with Crippen LogP contribution in [0.1, 0.15) is 38.3 Å². The van der Waals surface area contributed by atoms with Crippen LogP contribution in [0.25, 0.3) is 0 Å². The average Bonchev–Trinajstić information content (AvgIpc) is 2.41. The molecule has 1 aliphatic rings. The van der Waals surface area contributed by atoms with E-state index in [0.29, 0.717) is 0 Å². The van der Waals surface area contributed by atoms with E-state index in [0.717, 1.165) is 47.1 Å². The van der Waals surface area contributed by atoms with E-state index < -0.39 is 0 Å². The van der Waals surface area contributed by atoms with Gasteiger partial charge in [-0.2, -0.15) is 4.98 Å². The SMILES string of the molecule is CCCNc1nc(N2CCCCC2)nc(C)c1I. The maximum atomic E-state index is 4.69. The van der Waals surface area contributed by atoms with Gasteiger partial charge in [-0.3, -0.25) is 0 Å². The van der Waals surface area contributed by atoms with Crippen LogP contribution in [0.15, 0.2) is 0 Å². The van der Waals surface area contributed by atoms with Crippen molar-refractivity contribution in [2.24, 2.45) is 0 Å². The Labute approximate surface area is 123 Å². The van der Waals surface area contributed by atoms with Crippen molar-refractivity contribution in [3.8, 4) is 0 Å². The van der Waals surface area contributed by atoms with Gasteiger partial charge in [0.25, 0.3) is 0 Å². The summed E-state index contributed by atoms with van der Waals surface area (Å²) in [6.07, 6.45) is 4.96. The Morgan fingerprint density at radius 1 is 1.22 bits per heavy atom. The van der Waals surface area contributed by atoms with Gasteiger partial charge in [0, 0.05) is 19.6 Å². The van der Waals surface area contributed by atoms with Crippen LogP contribution >= 0.6 is 22.6 Å². The molecule has 0 aromatic carbocycles. The maximum Gasteiger partial charge on any atom is 0.227 e. The van der Waals surface area contributed by atoms with Crippen molar-refractivity contribution in [1.29, 1.82) is 0 Å². The number of halogens is 1. The molecule has 0 spiro atoms. The third-order valence-electron chi connectivity index (χ3n) is 3.19. The first-order valence-corrected chi connectivity index (χ1v) is 7.83. The molecule has 1 N–H and O–H groups in total. The number of aromatic nitrogens is 2. The summed E-state index contributed by atoms with van der Waals surface area (Å²) in [5.41, 5.74) is 1.07. The molecule has 0 bridgehead atoms. The van der Waals surface area contributed by atoms with E-state index in [1.807, 2.05) is 0 Å².